The van der Waals surface area contributed by atoms with Gasteiger partial charge in [-0.1, -0.05) is 56.9 Å². The van der Waals surface area contributed by atoms with Crippen molar-refractivity contribution in [1.29, 1.82) is 0 Å². The van der Waals surface area contributed by atoms with E-state index in [0.717, 1.165) is 56.1 Å². The molecule has 0 amide bonds. The Morgan fingerprint density at radius 1 is 0.861 bits per heavy atom. The summed E-state index contributed by atoms with van der Waals surface area (Å²) in [5.74, 6) is 4.44. The van der Waals surface area contributed by atoms with Crippen LogP contribution in [-0.4, -0.2) is 44.9 Å². The predicted molar refractivity (Wildman–Crippen MR) is 146 cm³/mol. The molecule has 4 heteroatoms. The van der Waals surface area contributed by atoms with Gasteiger partial charge in [0, 0.05) is 32.7 Å². The molecule has 1 saturated heterocycles. The molecule has 0 spiro atoms. The van der Waals surface area contributed by atoms with Crippen LogP contribution in [0.15, 0.2) is 24.3 Å². The fraction of sp³-hybridized carbons (Fsp3) is 0.812. The maximum absolute atomic E-state index is 9.14. The maximum atomic E-state index is 9.14. The summed E-state index contributed by atoms with van der Waals surface area (Å²) in [7, 11) is 1.74. The normalized spacial score (nSPS) is 32.3. The zero-order valence-electron chi connectivity index (χ0n) is 23.0. The molecule has 0 bridgehead atoms. The zero-order valence-corrected chi connectivity index (χ0v) is 23.0. The molecule has 2 saturated carbocycles. The number of aliphatic hydroxyl groups is 1. The third-order valence-electron chi connectivity index (χ3n) is 9.57. The first-order valence-electron chi connectivity index (χ1n) is 15.1. The van der Waals surface area contributed by atoms with Crippen LogP contribution in [0.25, 0.3) is 0 Å². The van der Waals surface area contributed by atoms with E-state index in [1.165, 1.54) is 75.3 Å². The topological polar surface area (TPSA) is 47.9 Å². The highest BCUT2D eigenvalue weighted by molar-refractivity contribution is 5.28. The average Bonchev–Trinajstić information content (AvgIpc) is 2.93. The van der Waals surface area contributed by atoms with Gasteiger partial charge in [-0.15, -0.1) is 0 Å². The van der Waals surface area contributed by atoms with Crippen LogP contribution in [0.3, 0.4) is 0 Å². The summed E-state index contributed by atoms with van der Waals surface area (Å²) >= 11 is 0. The first-order valence-corrected chi connectivity index (χ1v) is 15.1. The van der Waals surface area contributed by atoms with E-state index in [1.54, 1.807) is 7.11 Å². The van der Waals surface area contributed by atoms with Crippen molar-refractivity contribution in [3.05, 3.63) is 35.4 Å². The summed E-state index contributed by atoms with van der Waals surface area (Å²) in [6.45, 7) is 4.70. The monoisotopic (exact) mass is 500 g/mol. The molecule has 3 fully saturated rings. The number of aliphatic hydroxyl groups excluding tert-OH is 1. The molecule has 1 aromatic carbocycles. The highest BCUT2D eigenvalue weighted by Crippen LogP contribution is 2.44. The Kier molecular flexibility index (Phi) is 11.6. The predicted octanol–water partition coefficient (Wildman–Crippen LogP) is 7.45. The molecule has 1 aromatic rings. The molecule has 1 unspecified atom stereocenters. The van der Waals surface area contributed by atoms with Gasteiger partial charge in [0.1, 0.15) is 0 Å². The Morgan fingerprint density at radius 3 is 2.00 bits per heavy atom. The van der Waals surface area contributed by atoms with Crippen LogP contribution in [0.2, 0.25) is 0 Å². The lowest BCUT2D eigenvalue weighted by atomic mass is 9.68. The minimum atomic E-state index is -0.156. The first-order chi connectivity index (χ1) is 17.7. The van der Waals surface area contributed by atoms with Crippen molar-refractivity contribution in [2.24, 2.45) is 23.7 Å². The van der Waals surface area contributed by atoms with E-state index < -0.39 is 0 Å². The Balaban J connectivity index is 1.19. The van der Waals surface area contributed by atoms with Crippen LogP contribution in [0, 0.1) is 23.7 Å². The number of benzene rings is 1. The lowest BCUT2D eigenvalue weighted by Gasteiger charge is -2.38. The van der Waals surface area contributed by atoms with Gasteiger partial charge in [-0.25, -0.2) is 0 Å². The summed E-state index contributed by atoms with van der Waals surface area (Å²) in [4.78, 5) is 0. The fourth-order valence-electron chi connectivity index (χ4n) is 7.35. The fourth-order valence-corrected chi connectivity index (χ4v) is 7.35. The van der Waals surface area contributed by atoms with Gasteiger partial charge in [-0.3, -0.25) is 0 Å². The summed E-state index contributed by atoms with van der Waals surface area (Å²) in [6, 6.07) is 9.41. The second-order valence-corrected chi connectivity index (χ2v) is 12.1. The second kappa shape index (κ2) is 14.9. The van der Waals surface area contributed by atoms with Gasteiger partial charge in [-0.2, -0.15) is 0 Å². The van der Waals surface area contributed by atoms with Crippen molar-refractivity contribution in [2.75, 3.05) is 33.5 Å². The minimum absolute atomic E-state index is 0.156. The van der Waals surface area contributed by atoms with Gasteiger partial charge in [0.05, 0.1) is 13.2 Å². The van der Waals surface area contributed by atoms with Crippen molar-refractivity contribution >= 4 is 0 Å². The number of hydrogen-bond acceptors (Lipinski definition) is 4. The molecule has 1 atom stereocenters. The maximum Gasteiger partial charge on any atom is 0.157 e. The summed E-state index contributed by atoms with van der Waals surface area (Å²) < 4.78 is 17.5. The Hall–Kier alpha value is -0.940. The Bertz CT molecular complexity index is 710. The van der Waals surface area contributed by atoms with Crippen molar-refractivity contribution in [3.63, 3.8) is 0 Å². The van der Waals surface area contributed by atoms with Gasteiger partial charge in [0.25, 0.3) is 0 Å². The van der Waals surface area contributed by atoms with Crippen molar-refractivity contribution in [1.82, 2.24) is 0 Å². The molecular formula is C32H52O4. The lowest BCUT2D eigenvalue weighted by Crippen LogP contribution is -2.33. The minimum Gasteiger partial charge on any atom is -0.396 e. The third-order valence-corrected chi connectivity index (χ3v) is 9.57. The van der Waals surface area contributed by atoms with Crippen LogP contribution in [0.4, 0.5) is 0 Å². The van der Waals surface area contributed by atoms with E-state index in [-0.39, 0.29) is 12.9 Å². The van der Waals surface area contributed by atoms with Gasteiger partial charge in [-0.05, 0) is 92.1 Å². The number of methoxy groups -OCH3 is 1. The Labute approximate surface area is 220 Å². The van der Waals surface area contributed by atoms with Gasteiger partial charge < -0.3 is 19.3 Å². The summed E-state index contributed by atoms with van der Waals surface area (Å²) in [5, 5.41) is 9.14. The molecule has 0 radical (unpaired) electrons. The SMILES string of the molecule is CCCC1CCC(C2CCC(c3ccc(C4COC(CC(CCCO)COC)OC4)cc3)CC2)CC1. The summed E-state index contributed by atoms with van der Waals surface area (Å²) in [6.07, 6.45) is 16.8. The van der Waals surface area contributed by atoms with Crippen LogP contribution in [0.5, 0.6) is 0 Å². The van der Waals surface area contributed by atoms with E-state index >= 15 is 0 Å². The number of rotatable bonds is 12. The molecule has 1 heterocycles. The summed E-state index contributed by atoms with van der Waals surface area (Å²) in [5.41, 5.74) is 2.87. The molecule has 2 aliphatic carbocycles. The molecule has 4 rings (SSSR count). The van der Waals surface area contributed by atoms with Crippen LogP contribution in [-0.2, 0) is 14.2 Å². The molecule has 204 valence electrons. The van der Waals surface area contributed by atoms with Crippen molar-refractivity contribution < 1.29 is 19.3 Å². The van der Waals surface area contributed by atoms with E-state index in [2.05, 4.69) is 31.2 Å². The van der Waals surface area contributed by atoms with Crippen LogP contribution < -0.4 is 0 Å². The van der Waals surface area contributed by atoms with E-state index in [1.807, 2.05) is 0 Å². The smallest absolute Gasteiger partial charge is 0.157 e. The van der Waals surface area contributed by atoms with E-state index in [0.29, 0.717) is 18.4 Å². The van der Waals surface area contributed by atoms with Gasteiger partial charge >= 0.3 is 0 Å². The van der Waals surface area contributed by atoms with Crippen molar-refractivity contribution in [3.8, 4) is 0 Å². The largest absolute Gasteiger partial charge is 0.396 e. The molecule has 0 aromatic heterocycles. The number of ether oxygens (including phenoxy) is 3. The lowest BCUT2D eigenvalue weighted by molar-refractivity contribution is -0.196. The second-order valence-electron chi connectivity index (χ2n) is 12.1. The van der Waals surface area contributed by atoms with Gasteiger partial charge in [0.2, 0.25) is 0 Å². The average molecular weight is 501 g/mol. The molecule has 1 aliphatic heterocycles. The first kappa shape index (κ1) is 28.1. The molecule has 4 nitrogen and oxygen atoms in total. The molecular weight excluding hydrogens is 448 g/mol. The van der Waals surface area contributed by atoms with Crippen molar-refractivity contribution in [2.45, 2.75) is 109 Å². The van der Waals surface area contributed by atoms with Gasteiger partial charge in [0.15, 0.2) is 6.29 Å². The van der Waals surface area contributed by atoms with Crippen LogP contribution in [0.1, 0.15) is 113 Å². The zero-order chi connectivity index (χ0) is 25.2. The third kappa shape index (κ3) is 8.03. The highest BCUT2D eigenvalue weighted by Gasteiger charge is 2.31. The standard InChI is InChI=1S/C32H52O4/c1-3-5-24-7-9-26(10-8-24)27-11-13-28(14-12-27)29-15-17-30(18-16-29)31-22-35-32(36-23-31)20-25(21-34-2)6-4-19-33/h15-18,24-28,31-33H,3-14,19-23H2,1-2H3. The Morgan fingerprint density at radius 2 is 1.44 bits per heavy atom. The van der Waals surface area contributed by atoms with Crippen LogP contribution >= 0.6 is 0 Å². The van der Waals surface area contributed by atoms with E-state index in [4.69, 9.17) is 19.3 Å². The molecule has 3 aliphatic rings. The number of hydrogen-bond donors (Lipinski definition) is 1. The van der Waals surface area contributed by atoms with E-state index in [9.17, 15) is 0 Å². The molecule has 36 heavy (non-hydrogen) atoms. The quantitative estimate of drug-likeness (QED) is 0.324. The highest BCUT2D eigenvalue weighted by atomic mass is 16.7. The molecule has 1 N–H and O–H groups in total.